The summed E-state index contributed by atoms with van der Waals surface area (Å²) in [5, 5.41) is 9.45. The van der Waals surface area contributed by atoms with Gasteiger partial charge in [-0.05, 0) is 56.6 Å². The lowest BCUT2D eigenvalue weighted by molar-refractivity contribution is 0.0855. The van der Waals surface area contributed by atoms with Crippen LogP contribution in [0.3, 0.4) is 0 Å². The zero-order valence-electron chi connectivity index (χ0n) is 23.7. The number of ether oxygens (including phenoxy) is 1. The number of rotatable bonds is 8. The Morgan fingerprint density at radius 3 is 2.44 bits per heavy atom. The van der Waals surface area contributed by atoms with Crippen molar-refractivity contribution in [2.75, 3.05) is 44.7 Å². The summed E-state index contributed by atoms with van der Waals surface area (Å²) in [5.74, 6) is 2.13. The molecule has 0 amide bonds. The monoisotopic (exact) mass is 529 g/mol. The zero-order chi connectivity index (χ0) is 27.7. The number of aromatic nitrogens is 3. The predicted octanol–water partition coefficient (Wildman–Crippen LogP) is 3.58. The summed E-state index contributed by atoms with van der Waals surface area (Å²) in [6.07, 6.45) is 1.97. The van der Waals surface area contributed by atoms with Crippen LogP contribution in [0.15, 0.2) is 41.2 Å². The van der Waals surface area contributed by atoms with Crippen molar-refractivity contribution in [1.82, 2.24) is 24.3 Å². The number of benzene rings is 1. The number of fused-ring (bicyclic) bond motifs is 1. The second kappa shape index (κ2) is 11.3. The molecule has 4 heterocycles. The number of hydrogen-bond donors (Lipinski definition) is 0. The molecule has 0 saturated carbocycles. The Kier molecular flexibility index (Phi) is 7.87. The summed E-state index contributed by atoms with van der Waals surface area (Å²) in [6, 6.07) is 14.9. The van der Waals surface area contributed by atoms with Gasteiger partial charge in [0.05, 0.1) is 12.1 Å². The van der Waals surface area contributed by atoms with Crippen molar-refractivity contribution in [2.45, 2.75) is 51.7 Å². The lowest BCUT2D eigenvalue weighted by atomic mass is 9.96. The summed E-state index contributed by atoms with van der Waals surface area (Å²) < 4.78 is 7.55. The fourth-order valence-electron chi connectivity index (χ4n) is 6.17. The van der Waals surface area contributed by atoms with E-state index < -0.39 is 0 Å². The number of nitriles is 1. The van der Waals surface area contributed by atoms with E-state index in [1.807, 2.05) is 0 Å². The van der Waals surface area contributed by atoms with E-state index in [9.17, 15) is 10.1 Å². The van der Waals surface area contributed by atoms with E-state index in [-0.39, 0.29) is 23.8 Å². The van der Waals surface area contributed by atoms with Crippen LogP contribution in [0.4, 0.5) is 5.82 Å². The average Bonchev–Trinajstić information content (AvgIpc) is 2.93. The molecule has 2 aromatic heterocycles. The van der Waals surface area contributed by atoms with E-state index in [0.29, 0.717) is 28.5 Å². The van der Waals surface area contributed by atoms with Crippen LogP contribution in [0, 0.1) is 17.2 Å². The van der Waals surface area contributed by atoms with Gasteiger partial charge in [0.25, 0.3) is 0 Å². The second-order valence-electron chi connectivity index (χ2n) is 11.1. The fraction of sp³-hybridized carbons (Fsp3) is 0.533. The minimum absolute atomic E-state index is 0.111. The molecule has 0 bridgehead atoms. The van der Waals surface area contributed by atoms with Gasteiger partial charge in [-0.15, -0.1) is 0 Å². The van der Waals surface area contributed by atoms with Crippen molar-refractivity contribution in [3.8, 4) is 11.8 Å². The summed E-state index contributed by atoms with van der Waals surface area (Å²) in [6.45, 7) is 11.2. The molecule has 9 nitrogen and oxygen atoms in total. The van der Waals surface area contributed by atoms with Crippen LogP contribution in [-0.4, -0.2) is 76.3 Å². The molecule has 2 saturated heterocycles. The maximum atomic E-state index is 12.8. The van der Waals surface area contributed by atoms with Gasteiger partial charge in [-0.3, -0.25) is 9.47 Å². The number of anilines is 1. The van der Waals surface area contributed by atoms with Crippen LogP contribution in [0.2, 0.25) is 0 Å². The van der Waals surface area contributed by atoms with Gasteiger partial charge in [-0.2, -0.15) is 10.2 Å². The van der Waals surface area contributed by atoms with Gasteiger partial charge >= 0.3 is 5.69 Å². The van der Waals surface area contributed by atoms with Gasteiger partial charge in [0.1, 0.15) is 23.0 Å². The maximum Gasteiger partial charge on any atom is 0.349 e. The summed E-state index contributed by atoms with van der Waals surface area (Å²) in [7, 11) is 3.83. The van der Waals surface area contributed by atoms with E-state index >= 15 is 0 Å². The van der Waals surface area contributed by atoms with E-state index in [4.69, 9.17) is 4.74 Å². The standard InChI is InChI=1S/C30H39N7O2/c1-6-24-18-36(29-28-27(35(5)30(38)33-29)13-10-23(14-31)32-28)20(3)15-37(24)26(7-2)22-8-11-25(12-9-22)39-19-21-16-34(4)17-21/h8-13,20-21,24,26H,6-7,15-19H2,1-5H3/t20-,24-,26?/m0/s1. The SMILES string of the molecule is CCC(c1ccc(OCC2CN(C)C2)cc1)N1C[C@H](C)N(c2nc(=O)n(C)c3ccc(C#N)nc23)C[C@@H]1CC. The van der Waals surface area contributed by atoms with Crippen LogP contribution in [-0.2, 0) is 7.05 Å². The molecule has 0 radical (unpaired) electrons. The molecule has 5 rings (SSSR count). The molecular weight excluding hydrogens is 490 g/mol. The quantitative estimate of drug-likeness (QED) is 0.437. The van der Waals surface area contributed by atoms with E-state index in [2.05, 4.69) is 82.8 Å². The molecule has 3 atom stereocenters. The molecule has 2 aliphatic heterocycles. The smallest absolute Gasteiger partial charge is 0.349 e. The molecule has 0 spiro atoms. The Hall–Kier alpha value is -3.48. The van der Waals surface area contributed by atoms with Crippen molar-refractivity contribution in [3.63, 3.8) is 0 Å². The second-order valence-corrected chi connectivity index (χ2v) is 11.1. The molecule has 9 heteroatoms. The number of piperazine rings is 1. The van der Waals surface area contributed by atoms with E-state index in [1.54, 1.807) is 19.2 Å². The summed E-state index contributed by atoms with van der Waals surface area (Å²) in [5.41, 5.74) is 2.59. The number of aryl methyl sites for hydroxylation is 1. The predicted molar refractivity (Wildman–Crippen MR) is 153 cm³/mol. The molecule has 3 aromatic rings. The highest BCUT2D eigenvalue weighted by Gasteiger charge is 2.36. The van der Waals surface area contributed by atoms with Gasteiger partial charge in [0.2, 0.25) is 0 Å². The molecule has 0 aliphatic carbocycles. The highest BCUT2D eigenvalue weighted by Crippen LogP contribution is 2.34. The molecule has 39 heavy (non-hydrogen) atoms. The fourth-order valence-corrected chi connectivity index (χ4v) is 6.17. The first-order valence-corrected chi connectivity index (χ1v) is 14.0. The van der Waals surface area contributed by atoms with Crippen molar-refractivity contribution in [2.24, 2.45) is 13.0 Å². The lowest BCUT2D eigenvalue weighted by Crippen LogP contribution is -2.58. The van der Waals surface area contributed by atoms with Crippen LogP contribution in [0.25, 0.3) is 11.0 Å². The first kappa shape index (κ1) is 27.1. The topological polar surface area (TPSA) is 90.5 Å². The molecule has 0 N–H and O–H groups in total. The van der Waals surface area contributed by atoms with Gasteiger partial charge in [0, 0.05) is 57.3 Å². The minimum atomic E-state index is -0.315. The summed E-state index contributed by atoms with van der Waals surface area (Å²) in [4.78, 5) is 28.9. The van der Waals surface area contributed by atoms with Gasteiger partial charge in [-0.1, -0.05) is 26.0 Å². The third kappa shape index (κ3) is 5.36. The molecular formula is C30H39N7O2. The van der Waals surface area contributed by atoms with Gasteiger partial charge in [0.15, 0.2) is 5.82 Å². The normalized spacial score (nSPS) is 21.5. The maximum absolute atomic E-state index is 12.8. The van der Waals surface area contributed by atoms with Crippen molar-refractivity contribution < 1.29 is 4.74 Å². The third-order valence-corrected chi connectivity index (χ3v) is 8.35. The Bertz CT molecular complexity index is 1410. The number of nitrogens with zero attached hydrogens (tertiary/aromatic N) is 7. The summed E-state index contributed by atoms with van der Waals surface area (Å²) >= 11 is 0. The Balaban J connectivity index is 1.37. The molecule has 206 valence electrons. The molecule has 1 aromatic carbocycles. The van der Waals surface area contributed by atoms with Crippen LogP contribution in [0.1, 0.15) is 50.9 Å². The Morgan fingerprint density at radius 1 is 1.05 bits per heavy atom. The van der Waals surface area contributed by atoms with E-state index in [0.717, 1.165) is 51.4 Å². The largest absolute Gasteiger partial charge is 0.493 e. The number of pyridine rings is 1. The molecule has 1 unspecified atom stereocenters. The minimum Gasteiger partial charge on any atom is -0.493 e. The molecule has 2 fully saturated rings. The number of likely N-dealkylation sites (tertiary alicyclic amines) is 1. The Morgan fingerprint density at radius 2 is 1.79 bits per heavy atom. The van der Waals surface area contributed by atoms with E-state index in [1.165, 1.54) is 10.1 Å². The van der Waals surface area contributed by atoms with Gasteiger partial charge in [-0.25, -0.2) is 9.78 Å². The highest BCUT2D eigenvalue weighted by molar-refractivity contribution is 5.86. The molecule has 2 aliphatic rings. The first-order valence-electron chi connectivity index (χ1n) is 14.0. The third-order valence-electron chi connectivity index (χ3n) is 8.35. The highest BCUT2D eigenvalue weighted by atomic mass is 16.5. The average molecular weight is 530 g/mol. The van der Waals surface area contributed by atoms with Gasteiger partial charge < -0.3 is 14.5 Å². The van der Waals surface area contributed by atoms with Crippen LogP contribution < -0.4 is 15.3 Å². The zero-order valence-corrected chi connectivity index (χ0v) is 23.7. The van der Waals surface area contributed by atoms with Crippen molar-refractivity contribution in [1.29, 1.82) is 5.26 Å². The van der Waals surface area contributed by atoms with Crippen molar-refractivity contribution >= 4 is 16.9 Å². The van der Waals surface area contributed by atoms with Crippen LogP contribution >= 0.6 is 0 Å². The van der Waals surface area contributed by atoms with Crippen molar-refractivity contribution in [3.05, 3.63) is 58.1 Å². The Labute approximate surface area is 230 Å². The first-order chi connectivity index (χ1) is 18.8. The van der Waals surface area contributed by atoms with Crippen LogP contribution in [0.5, 0.6) is 5.75 Å². The number of hydrogen-bond acceptors (Lipinski definition) is 8. The lowest BCUT2D eigenvalue weighted by Gasteiger charge is -2.49.